The number of benzene rings is 1. The summed E-state index contributed by atoms with van der Waals surface area (Å²) in [5.74, 6) is -0.515. The lowest BCUT2D eigenvalue weighted by atomic mass is 9.92. The number of carboxylic acids is 1. The first-order chi connectivity index (χ1) is 8.66. The van der Waals surface area contributed by atoms with Crippen molar-refractivity contribution in [2.75, 3.05) is 19.8 Å². The van der Waals surface area contributed by atoms with Gasteiger partial charge in [0.25, 0.3) is 0 Å². The Morgan fingerprint density at radius 1 is 1.61 bits per heavy atom. The maximum absolute atomic E-state index is 11.2. The Labute approximate surface area is 107 Å². The summed E-state index contributed by atoms with van der Waals surface area (Å²) < 4.78 is 10.8. The standard InChI is InChI=1S/C14H18O4/c1-10-3-2-4-12(7-10)18-9-13(14(15)16)11-5-6-17-8-11/h2-4,7,11,13H,5-6,8-9H2,1H3,(H,15,16). The summed E-state index contributed by atoms with van der Waals surface area (Å²) in [6.45, 7) is 3.35. The van der Waals surface area contributed by atoms with Crippen molar-refractivity contribution >= 4 is 5.97 Å². The predicted molar refractivity (Wildman–Crippen MR) is 66.7 cm³/mol. The number of carbonyl (C=O) groups is 1. The summed E-state index contributed by atoms with van der Waals surface area (Å²) in [6.07, 6.45) is 0.800. The van der Waals surface area contributed by atoms with Crippen molar-refractivity contribution in [3.63, 3.8) is 0 Å². The van der Waals surface area contributed by atoms with Crippen molar-refractivity contribution in [2.24, 2.45) is 11.8 Å². The van der Waals surface area contributed by atoms with E-state index in [2.05, 4.69) is 0 Å². The monoisotopic (exact) mass is 250 g/mol. The molecule has 1 aromatic rings. The van der Waals surface area contributed by atoms with Gasteiger partial charge in [-0.25, -0.2) is 0 Å². The lowest BCUT2D eigenvalue weighted by molar-refractivity contribution is -0.145. The zero-order valence-electron chi connectivity index (χ0n) is 10.5. The number of aliphatic carboxylic acids is 1. The molecule has 1 aliphatic rings. The molecule has 0 bridgehead atoms. The van der Waals surface area contributed by atoms with Crippen LogP contribution < -0.4 is 4.74 Å². The Balaban J connectivity index is 1.95. The number of aryl methyl sites for hydroxylation is 1. The van der Waals surface area contributed by atoms with E-state index in [1.807, 2.05) is 31.2 Å². The van der Waals surface area contributed by atoms with Crippen LogP contribution in [0.25, 0.3) is 0 Å². The van der Waals surface area contributed by atoms with E-state index in [0.717, 1.165) is 17.7 Å². The third-order valence-electron chi connectivity index (χ3n) is 3.27. The van der Waals surface area contributed by atoms with Crippen LogP contribution in [0.3, 0.4) is 0 Å². The molecule has 1 aliphatic heterocycles. The number of carboxylic acid groups (broad SMARTS) is 1. The van der Waals surface area contributed by atoms with Crippen LogP contribution in [-0.4, -0.2) is 30.9 Å². The third-order valence-corrected chi connectivity index (χ3v) is 3.27. The van der Waals surface area contributed by atoms with Gasteiger partial charge in [-0.2, -0.15) is 0 Å². The van der Waals surface area contributed by atoms with Gasteiger partial charge in [0, 0.05) is 12.5 Å². The average molecular weight is 250 g/mol. The Morgan fingerprint density at radius 2 is 2.44 bits per heavy atom. The first kappa shape index (κ1) is 12.9. The van der Waals surface area contributed by atoms with Crippen LogP contribution in [0.4, 0.5) is 0 Å². The molecule has 2 unspecified atom stereocenters. The Morgan fingerprint density at radius 3 is 3.06 bits per heavy atom. The maximum atomic E-state index is 11.2. The van der Waals surface area contributed by atoms with Crippen LogP contribution in [0, 0.1) is 18.8 Å². The second kappa shape index (κ2) is 5.87. The van der Waals surface area contributed by atoms with Gasteiger partial charge >= 0.3 is 5.97 Å². The highest BCUT2D eigenvalue weighted by Gasteiger charge is 2.31. The predicted octanol–water partition coefficient (Wildman–Crippen LogP) is 2.11. The molecule has 18 heavy (non-hydrogen) atoms. The van der Waals surface area contributed by atoms with Gasteiger partial charge in [-0.3, -0.25) is 4.79 Å². The van der Waals surface area contributed by atoms with Gasteiger partial charge in [-0.1, -0.05) is 12.1 Å². The maximum Gasteiger partial charge on any atom is 0.310 e. The highest BCUT2D eigenvalue weighted by atomic mass is 16.5. The fraction of sp³-hybridized carbons (Fsp3) is 0.500. The number of rotatable bonds is 5. The molecule has 0 aromatic heterocycles. The van der Waals surface area contributed by atoms with Gasteiger partial charge in [0.05, 0.1) is 12.5 Å². The molecular weight excluding hydrogens is 232 g/mol. The summed E-state index contributed by atoms with van der Waals surface area (Å²) >= 11 is 0. The summed E-state index contributed by atoms with van der Waals surface area (Å²) in [6, 6.07) is 7.63. The van der Waals surface area contributed by atoms with Crippen LogP contribution >= 0.6 is 0 Å². The molecule has 2 rings (SSSR count). The molecular formula is C14H18O4. The SMILES string of the molecule is Cc1cccc(OCC(C(=O)O)C2CCOC2)c1. The molecule has 0 spiro atoms. The Hall–Kier alpha value is -1.55. The van der Waals surface area contributed by atoms with Gasteiger partial charge in [0.1, 0.15) is 12.4 Å². The molecule has 1 N–H and O–H groups in total. The van der Waals surface area contributed by atoms with Gasteiger partial charge in [0.2, 0.25) is 0 Å². The normalized spacial score (nSPS) is 20.6. The molecule has 4 heteroatoms. The Kier molecular flexibility index (Phi) is 4.20. The van der Waals surface area contributed by atoms with Crippen LogP contribution in [-0.2, 0) is 9.53 Å². The number of ether oxygens (including phenoxy) is 2. The fourth-order valence-electron chi connectivity index (χ4n) is 2.17. The molecule has 98 valence electrons. The van der Waals surface area contributed by atoms with Crippen molar-refractivity contribution in [3.05, 3.63) is 29.8 Å². The van der Waals surface area contributed by atoms with E-state index in [9.17, 15) is 9.90 Å². The van der Waals surface area contributed by atoms with E-state index in [1.165, 1.54) is 0 Å². The van der Waals surface area contributed by atoms with Crippen molar-refractivity contribution in [1.82, 2.24) is 0 Å². The largest absolute Gasteiger partial charge is 0.493 e. The first-order valence-electron chi connectivity index (χ1n) is 6.17. The van der Waals surface area contributed by atoms with Gasteiger partial charge in [-0.15, -0.1) is 0 Å². The molecule has 1 saturated heterocycles. The lowest BCUT2D eigenvalue weighted by Crippen LogP contribution is -2.29. The van der Waals surface area contributed by atoms with E-state index in [4.69, 9.17) is 9.47 Å². The summed E-state index contributed by atoms with van der Waals surface area (Å²) in [4.78, 5) is 11.2. The van der Waals surface area contributed by atoms with Crippen molar-refractivity contribution in [3.8, 4) is 5.75 Å². The summed E-state index contributed by atoms with van der Waals surface area (Å²) in [5.41, 5.74) is 1.10. The van der Waals surface area contributed by atoms with E-state index < -0.39 is 11.9 Å². The Bertz CT molecular complexity index is 410. The molecule has 0 saturated carbocycles. The summed E-state index contributed by atoms with van der Waals surface area (Å²) in [7, 11) is 0. The zero-order chi connectivity index (χ0) is 13.0. The van der Waals surface area contributed by atoms with Crippen LogP contribution in [0.1, 0.15) is 12.0 Å². The molecule has 0 amide bonds. The number of hydrogen-bond donors (Lipinski definition) is 1. The highest BCUT2D eigenvalue weighted by Crippen LogP contribution is 2.24. The molecule has 1 heterocycles. The van der Waals surface area contributed by atoms with Crippen molar-refractivity contribution in [2.45, 2.75) is 13.3 Å². The quantitative estimate of drug-likeness (QED) is 0.869. The first-order valence-corrected chi connectivity index (χ1v) is 6.17. The lowest BCUT2D eigenvalue weighted by Gasteiger charge is -2.18. The molecule has 1 fully saturated rings. The zero-order valence-corrected chi connectivity index (χ0v) is 10.5. The van der Waals surface area contributed by atoms with E-state index in [1.54, 1.807) is 0 Å². The van der Waals surface area contributed by atoms with Crippen LogP contribution in [0.15, 0.2) is 24.3 Å². The third kappa shape index (κ3) is 3.23. The van der Waals surface area contributed by atoms with Crippen molar-refractivity contribution < 1.29 is 19.4 Å². The highest BCUT2D eigenvalue weighted by molar-refractivity contribution is 5.70. The van der Waals surface area contributed by atoms with Crippen molar-refractivity contribution in [1.29, 1.82) is 0 Å². The fourth-order valence-corrected chi connectivity index (χ4v) is 2.17. The van der Waals surface area contributed by atoms with E-state index in [0.29, 0.717) is 13.2 Å². The van der Waals surface area contributed by atoms with Crippen LogP contribution in [0.2, 0.25) is 0 Å². The van der Waals surface area contributed by atoms with Crippen LogP contribution in [0.5, 0.6) is 5.75 Å². The second-order valence-electron chi connectivity index (χ2n) is 4.70. The van der Waals surface area contributed by atoms with E-state index in [-0.39, 0.29) is 12.5 Å². The molecule has 2 atom stereocenters. The van der Waals surface area contributed by atoms with Gasteiger partial charge < -0.3 is 14.6 Å². The topological polar surface area (TPSA) is 55.8 Å². The van der Waals surface area contributed by atoms with Gasteiger partial charge in [0.15, 0.2) is 0 Å². The minimum atomic E-state index is -0.807. The molecule has 1 aromatic carbocycles. The molecule has 0 radical (unpaired) electrons. The van der Waals surface area contributed by atoms with E-state index >= 15 is 0 Å². The second-order valence-corrected chi connectivity index (χ2v) is 4.70. The smallest absolute Gasteiger partial charge is 0.310 e. The number of hydrogen-bond acceptors (Lipinski definition) is 3. The minimum absolute atomic E-state index is 0.0623. The van der Waals surface area contributed by atoms with Gasteiger partial charge in [-0.05, 0) is 31.0 Å². The minimum Gasteiger partial charge on any atom is -0.493 e. The average Bonchev–Trinajstić information content (AvgIpc) is 2.82. The molecule has 4 nitrogen and oxygen atoms in total. The molecule has 0 aliphatic carbocycles. The summed E-state index contributed by atoms with van der Waals surface area (Å²) in [5, 5.41) is 9.23.